The fraction of sp³-hybridized carbons (Fsp3) is 0.348. The van der Waals surface area contributed by atoms with Gasteiger partial charge in [0.25, 0.3) is 0 Å². The summed E-state index contributed by atoms with van der Waals surface area (Å²) in [6.45, 7) is 3.73. The van der Waals surface area contributed by atoms with Crippen LogP contribution in [0.5, 0.6) is 0 Å². The van der Waals surface area contributed by atoms with Crippen molar-refractivity contribution in [3.63, 3.8) is 0 Å². The molecule has 3 atom stereocenters. The Morgan fingerprint density at radius 3 is 2.83 bits per heavy atom. The SMILES string of the molecule is Cc1ccc([C@@H]2[C@H](c3ccccn3)NC(=S)N2C[C@@H]2CCCO2)n1-c1cccnc1. The van der Waals surface area contributed by atoms with Crippen LogP contribution in [0.25, 0.3) is 5.69 Å². The summed E-state index contributed by atoms with van der Waals surface area (Å²) in [5.74, 6) is 0. The number of hydrogen-bond acceptors (Lipinski definition) is 4. The van der Waals surface area contributed by atoms with Gasteiger partial charge in [-0.15, -0.1) is 0 Å². The summed E-state index contributed by atoms with van der Waals surface area (Å²) in [6.07, 6.45) is 7.93. The molecule has 7 heteroatoms. The molecule has 0 radical (unpaired) electrons. The fourth-order valence-corrected chi connectivity index (χ4v) is 4.87. The van der Waals surface area contributed by atoms with E-state index in [2.05, 4.69) is 55.9 Å². The van der Waals surface area contributed by atoms with Crippen LogP contribution in [0.1, 0.15) is 42.0 Å². The van der Waals surface area contributed by atoms with Crippen molar-refractivity contribution in [2.45, 2.75) is 38.0 Å². The Balaban J connectivity index is 1.60. The van der Waals surface area contributed by atoms with Crippen molar-refractivity contribution in [3.8, 4) is 5.69 Å². The summed E-state index contributed by atoms with van der Waals surface area (Å²) in [5.41, 5.74) is 4.36. The van der Waals surface area contributed by atoms with E-state index in [4.69, 9.17) is 17.0 Å². The summed E-state index contributed by atoms with van der Waals surface area (Å²) >= 11 is 5.81. The zero-order valence-corrected chi connectivity index (χ0v) is 17.8. The van der Waals surface area contributed by atoms with Crippen molar-refractivity contribution in [2.24, 2.45) is 0 Å². The number of aromatic nitrogens is 3. The molecule has 2 fully saturated rings. The zero-order chi connectivity index (χ0) is 20.5. The summed E-state index contributed by atoms with van der Waals surface area (Å²) in [6, 6.07) is 14.4. The van der Waals surface area contributed by atoms with Crippen LogP contribution in [-0.2, 0) is 4.74 Å². The van der Waals surface area contributed by atoms with E-state index in [0.29, 0.717) is 0 Å². The molecule has 1 N–H and O–H groups in total. The third-order valence-electron chi connectivity index (χ3n) is 5.94. The fourth-order valence-electron chi connectivity index (χ4n) is 4.56. The molecular weight excluding hydrogens is 394 g/mol. The lowest BCUT2D eigenvalue weighted by Crippen LogP contribution is -2.36. The second-order valence-corrected chi connectivity index (χ2v) is 8.25. The maximum absolute atomic E-state index is 5.95. The molecule has 5 heterocycles. The molecular formula is C23H25N5OS. The van der Waals surface area contributed by atoms with Gasteiger partial charge < -0.3 is 19.5 Å². The molecule has 3 aromatic rings. The summed E-state index contributed by atoms with van der Waals surface area (Å²) < 4.78 is 8.22. The smallest absolute Gasteiger partial charge is 0.170 e. The molecule has 3 aromatic heterocycles. The van der Waals surface area contributed by atoms with E-state index in [-0.39, 0.29) is 18.2 Å². The molecule has 30 heavy (non-hydrogen) atoms. The van der Waals surface area contributed by atoms with Crippen molar-refractivity contribution >= 4 is 17.3 Å². The highest BCUT2D eigenvalue weighted by atomic mass is 32.1. The molecule has 154 valence electrons. The van der Waals surface area contributed by atoms with Gasteiger partial charge in [0.1, 0.15) is 0 Å². The van der Waals surface area contributed by atoms with Gasteiger partial charge in [0, 0.05) is 36.9 Å². The Morgan fingerprint density at radius 1 is 1.17 bits per heavy atom. The quantitative estimate of drug-likeness (QED) is 0.636. The number of nitrogens with zero attached hydrogens (tertiary/aromatic N) is 4. The molecule has 2 aliphatic heterocycles. The van der Waals surface area contributed by atoms with E-state index < -0.39 is 0 Å². The van der Waals surface area contributed by atoms with E-state index in [1.165, 1.54) is 5.69 Å². The highest BCUT2D eigenvalue weighted by Gasteiger charge is 2.42. The average Bonchev–Trinajstić information content (AvgIpc) is 3.50. The average molecular weight is 420 g/mol. The van der Waals surface area contributed by atoms with Gasteiger partial charge in [-0.3, -0.25) is 9.97 Å². The van der Waals surface area contributed by atoms with Crippen LogP contribution in [0.4, 0.5) is 0 Å². The minimum absolute atomic E-state index is 0.00510. The number of thiocarbonyl (C=S) groups is 1. The molecule has 0 unspecified atom stereocenters. The molecule has 0 bridgehead atoms. The minimum atomic E-state index is -0.0372. The maximum Gasteiger partial charge on any atom is 0.170 e. The first-order valence-electron chi connectivity index (χ1n) is 10.4. The van der Waals surface area contributed by atoms with Crippen molar-refractivity contribution in [1.29, 1.82) is 0 Å². The van der Waals surface area contributed by atoms with Crippen LogP contribution in [0.15, 0.2) is 61.1 Å². The molecule has 2 saturated heterocycles. The Bertz CT molecular complexity index is 1020. The zero-order valence-electron chi connectivity index (χ0n) is 16.9. The minimum Gasteiger partial charge on any atom is -0.376 e. The molecule has 0 saturated carbocycles. The lowest BCUT2D eigenvalue weighted by atomic mass is 10.0. The molecule has 0 spiro atoms. The first-order chi connectivity index (χ1) is 14.7. The van der Waals surface area contributed by atoms with Crippen LogP contribution in [0, 0.1) is 6.92 Å². The number of ether oxygens (including phenoxy) is 1. The normalized spacial score (nSPS) is 23.7. The van der Waals surface area contributed by atoms with Crippen molar-refractivity contribution in [3.05, 3.63) is 78.1 Å². The van der Waals surface area contributed by atoms with Gasteiger partial charge >= 0.3 is 0 Å². The van der Waals surface area contributed by atoms with Crippen LogP contribution in [0.3, 0.4) is 0 Å². The second kappa shape index (κ2) is 8.16. The number of hydrogen-bond donors (Lipinski definition) is 1. The van der Waals surface area contributed by atoms with E-state index in [0.717, 1.165) is 48.2 Å². The van der Waals surface area contributed by atoms with Crippen LogP contribution >= 0.6 is 12.2 Å². The summed E-state index contributed by atoms with van der Waals surface area (Å²) in [4.78, 5) is 11.3. The lowest BCUT2D eigenvalue weighted by molar-refractivity contribution is 0.0836. The summed E-state index contributed by atoms with van der Waals surface area (Å²) in [7, 11) is 0. The number of nitrogens with one attached hydrogen (secondary N) is 1. The van der Waals surface area contributed by atoms with E-state index in [1.54, 1.807) is 6.20 Å². The predicted octanol–water partition coefficient (Wildman–Crippen LogP) is 3.73. The van der Waals surface area contributed by atoms with Crippen LogP contribution < -0.4 is 5.32 Å². The third kappa shape index (κ3) is 3.48. The van der Waals surface area contributed by atoms with Gasteiger partial charge in [0.15, 0.2) is 5.11 Å². The van der Waals surface area contributed by atoms with E-state index in [1.807, 2.05) is 30.6 Å². The van der Waals surface area contributed by atoms with Gasteiger partial charge in [-0.1, -0.05) is 6.07 Å². The van der Waals surface area contributed by atoms with Crippen LogP contribution in [0.2, 0.25) is 0 Å². The number of aryl methyl sites for hydroxylation is 1. The molecule has 0 amide bonds. The van der Waals surface area contributed by atoms with Gasteiger partial charge in [-0.2, -0.15) is 0 Å². The van der Waals surface area contributed by atoms with Crippen molar-refractivity contribution in [1.82, 2.24) is 24.8 Å². The third-order valence-corrected chi connectivity index (χ3v) is 6.29. The number of rotatable bonds is 5. The van der Waals surface area contributed by atoms with Crippen molar-refractivity contribution in [2.75, 3.05) is 13.2 Å². The van der Waals surface area contributed by atoms with Crippen molar-refractivity contribution < 1.29 is 4.74 Å². The van der Waals surface area contributed by atoms with Gasteiger partial charge in [0.05, 0.1) is 35.8 Å². The lowest BCUT2D eigenvalue weighted by Gasteiger charge is -2.30. The Hall–Kier alpha value is -2.77. The first-order valence-corrected chi connectivity index (χ1v) is 10.8. The Morgan fingerprint density at radius 2 is 2.10 bits per heavy atom. The second-order valence-electron chi connectivity index (χ2n) is 7.86. The standard InChI is InChI=1S/C23H25N5OS/c1-16-9-10-20(28(16)17-6-4-11-24-14-17)22-21(19-8-2-3-12-25-19)26-23(30)27(22)15-18-7-5-13-29-18/h2-4,6,8-12,14,18,21-22H,5,7,13,15H2,1H3,(H,26,30)/t18-,21-,22+/m0/s1. The molecule has 0 aliphatic carbocycles. The Kier molecular flexibility index (Phi) is 5.23. The topological polar surface area (TPSA) is 55.2 Å². The maximum atomic E-state index is 5.95. The first kappa shape index (κ1) is 19.2. The molecule has 2 aliphatic rings. The highest BCUT2D eigenvalue weighted by molar-refractivity contribution is 7.80. The van der Waals surface area contributed by atoms with Crippen LogP contribution in [-0.4, -0.2) is 43.8 Å². The highest BCUT2D eigenvalue weighted by Crippen LogP contribution is 2.40. The summed E-state index contributed by atoms with van der Waals surface area (Å²) in [5, 5.41) is 4.29. The van der Waals surface area contributed by atoms with Gasteiger partial charge in [-0.25, -0.2) is 0 Å². The predicted molar refractivity (Wildman–Crippen MR) is 119 cm³/mol. The monoisotopic (exact) mass is 419 g/mol. The Labute approximate surface area is 181 Å². The molecule has 5 rings (SSSR count). The molecule has 0 aromatic carbocycles. The molecule has 6 nitrogen and oxygen atoms in total. The number of pyridine rings is 2. The van der Waals surface area contributed by atoms with Gasteiger partial charge in [-0.05, 0) is 68.4 Å². The van der Waals surface area contributed by atoms with E-state index >= 15 is 0 Å². The van der Waals surface area contributed by atoms with E-state index in [9.17, 15) is 0 Å². The largest absolute Gasteiger partial charge is 0.376 e. The van der Waals surface area contributed by atoms with Gasteiger partial charge in [0.2, 0.25) is 0 Å².